The Balaban J connectivity index is 1.44. The van der Waals surface area contributed by atoms with E-state index in [4.69, 9.17) is 9.15 Å². The van der Waals surface area contributed by atoms with Gasteiger partial charge in [-0.1, -0.05) is 60.3 Å². The van der Waals surface area contributed by atoms with E-state index in [1.54, 1.807) is 7.11 Å². The van der Waals surface area contributed by atoms with E-state index in [9.17, 15) is 4.79 Å². The number of carbonyl (C=O) groups is 1. The van der Waals surface area contributed by atoms with Crippen molar-refractivity contribution in [2.75, 3.05) is 12.4 Å². The van der Waals surface area contributed by atoms with Crippen molar-refractivity contribution in [3.8, 4) is 28.3 Å². The van der Waals surface area contributed by atoms with Gasteiger partial charge in [-0.05, 0) is 42.8 Å². The largest absolute Gasteiger partial charge is 0.497 e. The first kappa shape index (κ1) is 20.7. The van der Waals surface area contributed by atoms with Gasteiger partial charge in [0.25, 0.3) is 5.22 Å². The summed E-state index contributed by atoms with van der Waals surface area (Å²) in [5, 5.41) is 11.1. The highest BCUT2D eigenvalue weighted by atomic mass is 32.2. The van der Waals surface area contributed by atoms with Crippen molar-refractivity contribution in [3.05, 3.63) is 78.9 Å². The van der Waals surface area contributed by atoms with E-state index in [0.29, 0.717) is 11.1 Å². The van der Waals surface area contributed by atoms with Gasteiger partial charge in [-0.2, -0.15) is 0 Å². The highest BCUT2D eigenvalue weighted by Crippen LogP contribution is 2.30. The van der Waals surface area contributed by atoms with Crippen LogP contribution in [0.3, 0.4) is 0 Å². The SMILES string of the molecule is COc1ccc(-c2nnc(S[C@@H](C)C(=O)Nc3ccccc3-c3ccccc3)o2)cc1. The minimum absolute atomic E-state index is 0.141. The quantitative estimate of drug-likeness (QED) is 0.388. The van der Waals surface area contributed by atoms with Gasteiger partial charge in [-0.3, -0.25) is 4.79 Å². The number of nitrogens with one attached hydrogen (secondary N) is 1. The number of aromatic nitrogens is 2. The molecule has 3 aromatic carbocycles. The van der Waals surface area contributed by atoms with E-state index in [0.717, 1.165) is 28.1 Å². The van der Waals surface area contributed by atoms with Crippen LogP contribution in [0.5, 0.6) is 5.75 Å². The van der Waals surface area contributed by atoms with Gasteiger partial charge >= 0.3 is 0 Å². The number of rotatable bonds is 7. The second-order valence-corrected chi connectivity index (χ2v) is 8.05. The molecule has 0 unspecified atom stereocenters. The van der Waals surface area contributed by atoms with Gasteiger partial charge in [-0.25, -0.2) is 0 Å². The number of hydrogen-bond acceptors (Lipinski definition) is 6. The molecule has 0 saturated heterocycles. The molecular weight excluding hydrogens is 410 g/mol. The van der Waals surface area contributed by atoms with Crippen molar-refractivity contribution < 1.29 is 13.9 Å². The number of thioether (sulfide) groups is 1. The number of benzene rings is 3. The number of para-hydroxylation sites is 1. The fraction of sp³-hybridized carbons (Fsp3) is 0.125. The van der Waals surface area contributed by atoms with E-state index in [1.165, 1.54) is 11.8 Å². The third-order valence-electron chi connectivity index (χ3n) is 4.66. The first-order valence-electron chi connectivity index (χ1n) is 9.74. The summed E-state index contributed by atoms with van der Waals surface area (Å²) >= 11 is 1.22. The van der Waals surface area contributed by atoms with Gasteiger partial charge in [0.1, 0.15) is 5.75 Å². The predicted octanol–water partition coefficient (Wildman–Crippen LogP) is 5.53. The smallest absolute Gasteiger partial charge is 0.277 e. The van der Waals surface area contributed by atoms with E-state index in [-0.39, 0.29) is 5.91 Å². The van der Waals surface area contributed by atoms with Crippen molar-refractivity contribution in [1.29, 1.82) is 0 Å². The fourth-order valence-corrected chi connectivity index (χ4v) is 3.69. The van der Waals surface area contributed by atoms with Crippen molar-refractivity contribution in [2.45, 2.75) is 17.4 Å². The third-order valence-corrected chi connectivity index (χ3v) is 5.59. The van der Waals surface area contributed by atoms with Gasteiger partial charge in [0.05, 0.1) is 12.4 Å². The second kappa shape index (κ2) is 9.49. The van der Waals surface area contributed by atoms with Gasteiger partial charge in [0.15, 0.2) is 0 Å². The van der Waals surface area contributed by atoms with Gasteiger partial charge in [0.2, 0.25) is 11.8 Å². The molecule has 1 heterocycles. The molecule has 0 aliphatic carbocycles. The molecule has 6 nitrogen and oxygen atoms in total. The van der Waals surface area contributed by atoms with E-state index in [2.05, 4.69) is 15.5 Å². The molecule has 1 amide bonds. The Kier molecular flexibility index (Phi) is 6.33. The first-order valence-corrected chi connectivity index (χ1v) is 10.6. The van der Waals surface area contributed by atoms with Crippen LogP contribution in [0.25, 0.3) is 22.6 Å². The lowest BCUT2D eigenvalue weighted by atomic mass is 10.0. The van der Waals surface area contributed by atoms with E-state index >= 15 is 0 Å². The Labute approximate surface area is 184 Å². The minimum Gasteiger partial charge on any atom is -0.497 e. The number of amides is 1. The standard InChI is InChI=1S/C24H21N3O3S/c1-16(31-24-27-26-23(30-24)18-12-14-19(29-2)15-13-18)22(28)25-21-11-7-6-10-20(21)17-8-4-3-5-9-17/h3-16H,1-2H3,(H,25,28)/t16-/m0/s1. The van der Waals surface area contributed by atoms with Crippen LogP contribution in [0.2, 0.25) is 0 Å². The van der Waals surface area contributed by atoms with Crippen molar-refractivity contribution in [1.82, 2.24) is 10.2 Å². The predicted molar refractivity (Wildman–Crippen MR) is 122 cm³/mol. The zero-order valence-electron chi connectivity index (χ0n) is 17.1. The number of ether oxygens (including phenoxy) is 1. The summed E-state index contributed by atoms with van der Waals surface area (Å²) in [7, 11) is 1.61. The second-order valence-electron chi connectivity index (χ2n) is 6.76. The Hall–Kier alpha value is -3.58. The summed E-state index contributed by atoms with van der Waals surface area (Å²) in [5.74, 6) is 1.00. The van der Waals surface area contributed by atoms with Crippen LogP contribution in [0, 0.1) is 0 Å². The third kappa shape index (κ3) is 4.95. The summed E-state index contributed by atoms with van der Waals surface area (Å²) in [4.78, 5) is 12.8. The monoisotopic (exact) mass is 431 g/mol. The lowest BCUT2D eigenvalue weighted by Gasteiger charge is -2.14. The van der Waals surface area contributed by atoms with Crippen LogP contribution < -0.4 is 10.1 Å². The molecule has 0 saturated carbocycles. The zero-order chi connectivity index (χ0) is 21.6. The Morgan fingerprint density at radius 3 is 2.39 bits per heavy atom. The Bertz CT molecular complexity index is 1160. The molecule has 1 N–H and O–H groups in total. The zero-order valence-corrected chi connectivity index (χ0v) is 17.9. The van der Waals surface area contributed by atoms with Gasteiger partial charge in [0, 0.05) is 16.8 Å². The highest BCUT2D eigenvalue weighted by Gasteiger charge is 2.20. The molecule has 0 aliphatic heterocycles. The number of hydrogen-bond donors (Lipinski definition) is 1. The molecule has 0 bridgehead atoms. The summed E-state index contributed by atoms with van der Waals surface area (Å²) in [5.41, 5.74) is 3.55. The molecule has 1 aromatic heterocycles. The molecule has 0 aliphatic rings. The van der Waals surface area contributed by atoms with E-state index in [1.807, 2.05) is 85.8 Å². The maximum absolute atomic E-state index is 12.8. The van der Waals surface area contributed by atoms with Crippen LogP contribution in [-0.4, -0.2) is 28.5 Å². The molecule has 0 radical (unpaired) electrons. The van der Waals surface area contributed by atoms with Crippen LogP contribution >= 0.6 is 11.8 Å². The van der Waals surface area contributed by atoms with Crippen LogP contribution in [0.15, 0.2) is 88.5 Å². The summed E-state index contributed by atoms with van der Waals surface area (Å²) in [6.07, 6.45) is 0. The number of anilines is 1. The van der Waals surface area contributed by atoms with Gasteiger partial charge < -0.3 is 14.5 Å². The van der Waals surface area contributed by atoms with Crippen LogP contribution in [-0.2, 0) is 4.79 Å². The van der Waals surface area contributed by atoms with Crippen molar-refractivity contribution in [3.63, 3.8) is 0 Å². The maximum Gasteiger partial charge on any atom is 0.277 e. The number of nitrogens with zero attached hydrogens (tertiary/aromatic N) is 2. The average molecular weight is 432 g/mol. The molecule has 31 heavy (non-hydrogen) atoms. The Morgan fingerprint density at radius 1 is 0.935 bits per heavy atom. The first-order chi connectivity index (χ1) is 15.1. The normalized spacial score (nSPS) is 11.7. The number of methoxy groups -OCH3 is 1. The Morgan fingerprint density at radius 2 is 1.65 bits per heavy atom. The summed E-state index contributed by atoms with van der Waals surface area (Å²) < 4.78 is 10.9. The maximum atomic E-state index is 12.8. The minimum atomic E-state index is -0.423. The fourth-order valence-electron chi connectivity index (χ4n) is 3.01. The molecule has 1 atom stereocenters. The summed E-state index contributed by atoms with van der Waals surface area (Å²) in [6.45, 7) is 1.81. The van der Waals surface area contributed by atoms with Crippen LogP contribution in [0.1, 0.15) is 6.92 Å². The average Bonchev–Trinajstić information content (AvgIpc) is 3.28. The molecule has 0 spiro atoms. The van der Waals surface area contributed by atoms with Gasteiger partial charge in [-0.15, -0.1) is 10.2 Å². The topological polar surface area (TPSA) is 77.2 Å². The molecule has 4 aromatic rings. The van der Waals surface area contributed by atoms with E-state index < -0.39 is 5.25 Å². The lowest BCUT2D eigenvalue weighted by molar-refractivity contribution is -0.115. The molecular formula is C24H21N3O3S. The highest BCUT2D eigenvalue weighted by molar-refractivity contribution is 8.00. The van der Waals surface area contributed by atoms with Crippen molar-refractivity contribution in [2.24, 2.45) is 0 Å². The molecule has 4 rings (SSSR count). The van der Waals surface area contributed by atoms with Crippen LogP contribution in [0.4, 0.5) is 5.69 Å². The molecule has 7 heteroatoms. The molecule has 0 fully saturated rings. The summed E-state index contributed by atoms with van der Waals surface area (Å²) in [6, 6.07) is 25.0. The molecule has 156 valence electrons. The van der Waals surface area contributed by atoms with Crippen molar-refractivity contribution >= 4 is 23.4 Å². The number of carbonyl (C=O) groups excluding carboxylic acids is 1. The lowest BCUT2D eigenvalue weighted by Crippen LogP contribution is -2.22.